The molecule has 3 rings (SSSR count). The summed E-state index contributed by atoms with van der Waals surface area (Å²) in [5.74, 6) is 0. The van der Waals surface area contributed by atoms with Crippen molar-refractivity contribution in [2.45, 2.75) is 44.6 Å². The zero-order valence-corrected chi connectivity index (χ0v) is 9.42. The molecule has 1 fully saturated rings. The van der Waals surface area contributed by atoms with Gasteiger partial charge in [-0.15, -0.1) is 0 Å². The Labute approximate surface area is 90.9 Å². The predicted octanol–water partition coefficient (Wildman–Crippen LogP) is 1.47. The molecule has 0 amide bonds. The molecule has 1 aliphatic carbocycles. The van der Waals surface area contributed by atoms with Crippen LogP contribution in [-0.4, -0.2) is 22.9 Å². The van der Waals surface area contributed by atoms with Gasteiger partial charge in [-0.1, -0.05) is 0 Å². The summed E-state index contributed by atoms with van der Waals surface area (Å²) >= 11 is 0. The molecule has 1 atom stereocenters. The lowest BCUT2D eigenvalue weighted by molar-refractivity contribution is 0.292. The maximum absolute atomic E-state index is 4.49. The molecule has 15 heavy (non-hydrogen) atoms. The average Bonchev–Trinajstić information content (AvgIpc) is 2.83. The molecule has 3 heteroatoms. The summed E-state index contributed by atoms with van der Waals surface area (Å²) in [4.78, 5) is 0. The lowest BCUT2D eigenvalue weighted by atomic mass is 9.78. The molecule has 0 saturated carbocycles. The number of hydrogen-bond donors (Lipinski definition) is 1. The highest BCUT2D eigenvalue weighted by molar-refractivity contribution is 5.34. The van der Waals surface area contributed by atoms with Crippen LogP contribution in [0.1, 0.15) is 37.4 Å². The standard InChI is InChI=1S/C12H19N3/c1-2-15-11-10(8-14-15)4-6-12(11)5-3-7-13-9-12/h8,13H,2-7,9H2,1H3. The lowest BCUT2D eigenvalue weighted by Gasteiger charge is -2.35. The molecule has 1 aromatic rings. The first-order chi connectivity index (χ1) is 7.36. The van der Waals surface area contributed by atoms with Crippen molar-refractivity contribution >= 4 is 0 Å². The van der Waals surface area contributed by atoms with E-state index in [-0.39, 0.29) is 0 Å². The van der Waals surface area contributed by atoms with Crippen molar-refractivity contribution in [1.29, 1.82) is 0 Å². The minimum Gasteiger partial charge on any atom is -0.316 e. The number of aryl methyl sites for hydroxylation is 2. The van der Waals surface area contributed by atoms with Crippen LogP contribution in [0.5, 0.6) is 0 Å². The van der Waals surface area contributed by atoms with E-state index in [4.69, 9.17) is 0 Å². The molecular formula is C12H19N3. The highest BCUT2D eigenvalue weighted by Crippen LogP contribution is 2.43. The number of fused-ring (bicyclic) bond motifs is 2. The van der Waals surface area contributed by atoms with Gasteiger partial charge < -0.3 is 5.32 Å². The predicted molar refractivity (Wildman–Crippen MR) is 60.0 cm³/mol. The second-order valence-corrected chi connectivity index (χ2v) is 4.89. The van der Waals surface area contributed by atoms with Gasteiger partial charge in [0.15, 0.2) is 0 Å². The van der Waals surface area contributed by atoms with Crippen LogP contribution in [0.2, 0.25) is 0 Å². The van der Waals surface area contributed by atoms with Crippen molar-refractivity contribution in [2.24, 2.45) is 0 Å². The first kappa shape index (κ1) is 9.40. The lowest BCUT2D eigenvalue weighted by Crippen LogP contribution is -2.43. The minimum atomic E-state index is 0.417. The Bertz CT molecular complexity index is 361. The Hall–Kier alpha value is -0.830. The molecule has 1 unspecified atom stereocenters. The molecule has 0 aromatic carbocycles. The summed E-state index contributed by atoms with van der Waals surface area (Å²) in [5, 5.41) is 8.05. The normalized spacial score (nSPS) is 29.7. The largest absolute Gasteiger partial charge is 0.316 e. The Morgan fingerprint density at radius 1 is 1.53 bits per heavy atom. The van der Waals surface area contributed by atoms with E-state index in [1.807, 2.05) is 0 Å². The molecule has 1 saturated heterocycles. The van der Waals surface area contributed by atoms with Gasteiger partial charge in [0.05, 0.1) is 6.20 Å². The van der Waals surface area contributed by atoms with Gasteiger partial charge in [0.25, 0.3) is 0 Å². The van der Waals surface area contributed by atoms with Crippen LogP contribution in [0.3, 0.4) is 0 Å². The number of hydrogen-bond acceptors (Lipinski definition) is 2. The van der Waals surface area contributed by atoms with Crippen LogP contribution >= 0.6 is 0 Å². The van der Waals surface area contributed by atoms with Gasteiger partial charge in [-0.3, -0.25) is 4.68 Å². The van der Waals surface area contributed by atoms with Gasteiger partial charge in [0.1, 0.15) is 0 Å². The zero-order chi connectivity index (χ0) is 10.3. The van der Waals surface area contributed by atoms with Crippen LogP contribution in [0.4, 0.5) is 0 Å². The number of aromatic nitrogens is 2. The molecule has 1 N–H and O–H groups in total. The molecule has 0 radical (unpaired) electrons. The summed E-state index contributed by atoms with van der Waals surface area (Å²) in [6.07, 6.45) is 7.30. The Morgan fingerprint density at radius 2 is 2.47 bits per heavy atom. The van der Waals surface area contributed by atoms with Crippen LogP contribution in [0, 0.1) is 0 Å². The van der Waals surface area contributed by atoms with Crippen LogP contribution < -0.4 is 5.32 Å². The summed E-state index contributed by atoms with van der Waals surface area (Å²) in [6, 6.07) is 0. The molecule has 1 aliphatic heterocycles. The number of rotatable bonds is 1. The van der Waals surface area contributed by atoms with Crippen molar-refractivity contribution in [3.63, 3.8) is 0 Å². The Morgan fingerprint density at radius 3 is 3.20 bits per heavy atom. The van der Waals surface area contributed by atoms with Crippen molar-refractivity contribution in [2.75, 3.05) is 13.1 Å². The quantitative estimate of drug-likeness (QED) is 0.752. The minimum absolute atomic E-state index is 0.417. The number of nitrogens with one attached hydrogen (secondary N) is 1. The van der Waals surface area contributed by atoms with Gasteiger partial charge in [-0.2, -0.15) is 5.10 Å². The zero-order valence-electron chi connectivity index (χ0n) is 9.42. The van der Waals surface area contributed by atoms with Gasteiger partial charge in [-0.05, 0) is 44.7 Å². The van der Waals surface area contributed by atoms with Crippen LogP contribution in [0.25, 0.3) is 0 Å². The summed E-state index contributed by atoms with van der Waals surface area (Å²) in [5.41, 5.74) is 3.46. The molecule has 3 nitrogen and oxygen atoms in total. The first-order valence-electron chi connectivity index (χ1n) is 6.12. The molecule has 1 aromatic heterocycles. The molecule has 82 valence electrons. The molecule has 2 aliphatic rings. The molecular weight excluding hydrogens is 186 g/mol. The summed E-state index contributed by atoms with van der Waals surface area (Å²) in [6.45, 7) is 5.55. The third-order valence-corrected chi connectivity index (χ3v) is 4.06. The SMILES string of the molecule is CCn1ncc2c1C1(CCCNC1)CC2. The van der Waals surface area contributed by atoms with Crippen molar-refractivity contribution < 1.29 is 0 Å². The van der Waals surface area contributed by atoms with E-state index >= 15 is 0 Å². The van der Waals surface area contributed by atoms with E-state index in [1.165, 1.54) is 43.5 Å². The second kappa shape index (κ2) is 3.34. The Balaban J connectivity index is 2.04. The fourth-order valence-electron chi connectivity index (χ4n) is 3.34. The first-order valence-corrected chi connectivity index (χ1v) is 6.12. The summed E-state index contributed by atoms with van der Waals surface area (Å²) < 4.78 is 2.22. The van der Waals surface area contributed by atoms with Crippen molar-refractivity contribution in [1.82, 2.24) is 15.1 Å². The average molecular weight is 205 g/mol. The maximum atomic E-state index is 4.49. The van der Waals surface area contributed by atoms with E-state index < -0.39 is 0 Å². The van der Waals surface area contributed by atoms with Gasteiger partial charge in [-0.25, -0.2) is 0 Å². The van der Waals surface area contributed by atoms with E-state index in [0.717, 1.165) is 13.1 Å². The third kappa shape index (κ3) is 1.26. The van der Waals surface area contributed by atoms with Crippen LogP contribution in [-0.2, 0) is 18.4 Å². The third-order valence-electron chi connectivity index (χ3n) is 4.06. The van der Waals surface area contributed by atoms with Gasteiger partial charge in [0.2, 0.25) is 0 Å². The van der Waals surface area contributed by atoms with E-state index in [0.29, 0.717) is 5.41 Å². The highest BCUT2D eigenvalue weighted by atomic mass is 15.3. The van der Waals surface area contributed by atoms with Crippen molar-refractivity contribution in [3.8, 4) is 0 Å². The van der Waals surface area contributed by atoms with E-state index in [1.54, 1.807) is 0 Å². The fraction of sp³-hybridized carbons (Fsp3) is 0.750. The monoisotopic (exact) mass is 205 g/mol. The van der Waals surface area contributed by atoms with E-state index in [2.05, 4.69) is 28.2 Å². The summed E-state index contributed by atoms with van der Waals surface area (Å²) in [7, 11) is 0. The van der Waals surface area contributed by atoms with E-state index in [9.17, 15) is 0 Å². The molecule has 1 spiro atoms. The fourth-order valence-corrected chi connectivity index (χ4v) is 3.34. The second-order valence-electron chi connectivity index (χ2n) is 4.89. The van der Waals surface area contributed by atoms with Crippen molar-refractivity contribution in [3.05, 3.63) is 17.5 Å². The molecule has 2 heterocycles. The topological polar surface area (TPSA) is 29.9 Å². The van der Waals surface area contributed by atoms with Crippen LogP contribution in [0.15, 0.2) is 6.20 Å². The smallest absolute Gasteiger partial charge is 0.0524 e. The highest BCUT2D eigenvalue weighted by Gasteiger charge is 2.42. The van der Waals surface area contributed by atoms with Gasteiger partial charge >= 0.3 is 0 Å². The number of nitrogens with zero attached hydrogens (tertiary/aromatic N) is 2. The number of piperidine rings is 1. The maximum Gasteiger partial charge on any atom is 0.0524 e. The van der Waals surface area contributed by atoms with Gasteiger partial charge in [0, 0.05) is 24.2 Å². The Kier molecular flexibility index (Phi) is 2.09. The molecule has 0 bridgehead atoms.